The van der Waals surface area contributed by atoms with Crippen LogP contribution in [0.4, 0.5) is 0 Å². The van der Waals surface area contributed by atoms with E-state index in [4.69, 9.17) is 4.74 Å². The minimum Gasteiger partial charge on any atom is -0.381 e. The van der Waals surface area contributed by atoms with Crippen LogP contribution in [0, 0.1) is 19.3 Å². The van der Waals surface area contributed by atoms with E-state index in [1.807, 2.05) is 0 Å². The van der Waals surface area contributed by atoms with Crippen LogP contribution < -0.4 is 68.9 Å². The summed E-state index contributed by atoms with van der Waals surface area (Å²) in [6.07, 6.45) is 2.52. The number of hydrogen-bond acceptors (Lipinski definition) is 2. The minimum absolute atomic E-state index is 0. The van der Waals surface area contributed by atoms with Gasteiger partial charge in [0.1, 0.15) is 0 Å². The third-order valence-corrected chi connectivity index (χ3v) is 2.72. The zero-order chi connectivity index (χ0) is 8.97. The van der Waals surface area contributed by atoms with Gasteiger partial charge in [0.05, 0.1) is 0 Å². The molecule has 1 saturated heterocycles. The molecule has 0 N–H and O–H groups in total. The monoisotopic (exact) mass is 319 g/mol. The largest absolute Gasteiger partial charge is 1.00 e. The summed E-state index contributed by atoms with van der Waals surface area (Å²) in [5, 5.41) is 0. The Morgan fingerprint density at radius 2 is 1.79 bits per heavy atom. The second kappa shape index (κ2) is 10.1. The van der Waals surface area contributed by atoms with Gasteiger partial charge in [-0.1, -0.05) is 6.92 Å². The third kappa shape index (κ3) is 7.28. The molecule has 0 aromatic carbocycles. The molecule has 0 amide bonds. The van der Waals surface area contributed by atoms with E-state index in [0.29, 0.717) is 0 Å². The summed E-state index contributed by atoms with van der Waals surface area (Å²) in [6.45, 7) is 5.52. The van der Waals surface area contributed by atoms with Crippen molar-refractivity contribution < 1.29 is 73.6 Å². The second-order valence-electron chi connectivity index (χ2n) is 4.19. The molecule has 2 nitrogen and oxygen atoms in total. The van der Waals surface area contributed by atoms with Crippen LogP contribution in [-0.2, 0) is 4.74 Å². The predicted octanol–water partition coefficient (Wildman–Crippen LogP) is -0.935. The van der Waals surface area contributed by atoms with Gasteiger partial charge in [0.15, 0.2) is 0 Å². The van der Waals surface area contributed by atoms with Gasteiger partial charge in [-0.25, -0.2) is 0 Å². The standard InChI is InChI=1S/C10H21NO.CH3.Cs/c1-9(8-11(2)3)10-4-6-12-7-5-10;;/h9-10H,4-8H2,1-3H3;1H3;/q;-1;+1. The molecule has 1 fully saturated rings. The van der Waals surface area contributed by atoms with Gasteiger partial charge in [-0.15, -0.1) is 0 Å². The Morgan fingerprint density at radius 1 is 1.29 bits per heavy atom. The first-order valence-corrected chi connectivity index (χ1v) is 4.92. The number of ether oxygens (including phenoxy) is 1. The molecular weight excluding hydrogens is 295 g/mol. The van der Waals surface area contributed by atoms with Gasteiger partial charge in [-0.2, -0.15) is 0 Å². The first-order chi connectivity index (χ1) is 5.70. The fraction of sp³-hybridized carbons (Fsp3) is 0.909. The topological polar surface area (TPSA) is 12.5 Å². The second-order valence-corrected chi connectivity index (χ2v) is 4.19. The normalized spacial score (nSPS) is 19.7. The van der Waals surface area contributed by atoms with E-state index in [-0.39, 0.29) is 76.3 Å². The van der Waals surface area contributed by atoms with Crippen LogP contribution >= 0.6 is 0 Å². The molecule has 1 rings (SSSR count). The van der Waals surface area contributed by atoms with E-state index in [2.05, 4.69) is 25.9 Å². The summed E-state index contributed by atoms with van der Waals surface area (Å²) in [5.41, 5.74) is 0. The molecule has 3 heteroatoms. The van der Waals surface area contributed by atoms with Crippen LogP contribution in [0.15, 0.2) is 0 Å². The molecule has 1 aliphatic rings. The average molecular weight is 319 g/mol. The summed E-state index contributed by atoms with van der Waals surface area (Å²) in [4.78, 5) is 2.28. The summed E-state index contributed by atoms with van der Waals surface area (Å²) >= 11 is 0. The summed E-state index contributed by atoms with van der Waals surface area (Å²) in [6, 6.07) is 0. The number of nitrogens with zero attached hydrogens (tertiary/aromatic N) is 1. The molecule has 80 valence electrons. The Hall–Kier alpha value is 1.97. The van der Waals surface area contributed by atoms with Gasteiger partial charge in [0.2, 0.25) is 0 Å². The third-order valence-electron chi connectivity index (χ3n) is 2.72. The Balaban J connectivity index is 0. The molecule has 14 heavy (non-hydrogen) atoms. The molecule has 0 saturated carbocycles. The molecule has 0 aliphatic carbocycles. The minimum atomic E-state index is 0. The van der Waals surface area contributed by atoms with Crippen LogP contribution in [0.5, 0.6) is 0 Å². The van der Waals surface area contributed by atoms with Crippen LogP contribution in [0.1, 0.15) is 19.8 Å². The molecule has 0 aromatic rings. The van der Waals surface area contributed by atoms with Crippen LogP contribution in [-0.4, -0.2) is 38.8 Å². The quantitative estimate of drug-likeness (QED) is 0.623. The van der Waals surface area contributed by atoms with Gasteiger partial charge in [-0.05, 0) is 38.8 Å². The van der Waals surface area contributed by atoms with Crippen molar-refractivity contribution >= 4 is 0 Å². The Morgan fingerprint density at radius 3 is 2.21 bits per heavy atom. The molecule has 1 atom stereocenters. The van der Waals surface area contributed by atoms with E-state index in [1.165, 1.54) is 19.4 Å². The smallest absolute Gasteiger partial charge is 0.381 e. The molecule has 1 heterocycles. The number of hydrogen-bond donors (Lipinski definition) is 0. The SMILES string of the molecule is CC(CN(C)C)C1CCOCC1.[CH3-].[Cs+]. The maximum absolute atomic E-state index is 5.34. The summed E-state index contributed by atoms with van der Waals surface area (Å²) < 4.78 is 5.34. The Bertz CT molecular complexity index is 124. The van der Waals surface area contributed by atoms with Crippen LogP contribution in [0.25, 0.3) is 0 Å². The fourth-order valence-corrected chi connectivity index (χ4v) is 2.01. The maximum Gasteiger partial charge on any atom is 1.00 e. The average Bonchev–Trinajstić information content (AvgIpc) is 2.05. The van der Waals surface area contributed by atoms with E-state index in [9.17, 15) is 0 Å². The van der Waals surface area contributed by atoms with Crippen LogP contribution in [0.2, 0.25) is 0 Å². The zero-order valence-electron chi connectivity index (χ0n) is 10.5. The van der Waals surface area contributed by atoms with Crippen molar-refractivity contribution in [2.45, 2.75) is 19.8 Å². The van der Waals surface area contributed by atoms with E-state index in [0.717, 1.165) is 25.0 Å². The molecule has 0 bridgehead atoms. The maximum atomic E-state index is 5.34. The molecule has 0 radical (unpaired) electrons. The molecular formula is C11H24CsNO. The number of rotatable bonds is 3. The Labute approximate surface area is 149 Å². The van der Waals surface area contributed by atoms with E-state index >= 15 is 0 Å². The van der Waals surface area contributed by atoms with Crippen LogP contribution in [0.3, 0.4) is 0 Å². The van der Waals surface area contributed by atoms with Crippen molar-refractivity contribution in [2.24, 2.45) is 11.8 Å². The Kier molecular flexibility index (Phi) is 13.3. The molecule has 1 aliphatic heterocycles. The van der Waals surface area contributed by atoms with Crippen molar-refractivity contribution in [3.63, 3.8) is 0 Å². The van der Waals surface area contributed by atoms with Gasteiger partial charge >= 0.3 is 68.9 Å². The molecule has 0 aromatic heterocycles. The van der Waals surface area contributed by atoms with Crippen molar-refractivity contribution in [1.82, 2.24) is 4.90 Å². The van der Waals surface area contributed by atoms with Gasteiger partial charge in [-0.3, -0.25) is 0 Å². The zero-order valence-corrected chi connectivity index (χ0v) is 16.8. The molecule has 0 spiro atoms. The van der Waals surface area contributed by atoms with Gasteiger partial charge in [0.25, 0.3) is 0 Å². The summed E-state index contributed by atoms with van der Waals surface area (Å²) in [7, 11) is 4.30. The summed E-state index contributed by atoms with van der Waals surface area (Å²) in [5.74, 6) is 1.71. The van der Waals surface area contributed by atoms with Crippen molar-refractivity contribution in [2.75, 3.05) is 33.9 Å². The fourth-order valence-electron chi connectivity index (χ4n) is 2.01. The van der Waals surface area contributed by atoms with E-state index in [1.54, 1.807) is 0 Å². The van der Waals surface area contributed by atoms with Gasteiger partial charge < -0.3 is 17.1 Å². The van der Waals surface area contributed by atoms with Crippen molar-refractivity contribution in [3.05, 3.63) is 7.43 Å². The first kappa shape index (κ1) is 18.3. The first-order valence-electron chi connectivity index (χ1n) is 4.92. The van der Waals surface area contributed by atoms with Crippen molar-refractivity contribution in [3.8, 4) is 0 Å². The van der Waals surface area contributed by atoms with Crippen molar-refractivity contribution in [1.29, 1.82) is 0 Å². The predicted molar refractivity (Wildman–Crippen MR) is 57.7 cm³/mol. The van der Waals surface area contributed by atoms with E-state index < -0.39 is 0 Å². The van der Waals surface area contributed by atoms with Gasteiger partial charge in [0, 0.05) is 19.8 Å². The molecule has 1 unspecified atom stereocenters.